The first-order chi connectivity index (χ1) is 10.3. The molecule has 1 N–H and O–H groups in total. The minimum atomic E-state index is 0.719. The molecule has 21 heavy (non-hydrogen) atoms. The Morgan fingerprint density at radius 1 is 1.19 bits per heavy atom. The molecular weight excluding hydrogens is 256 g/mol. The highest BCUT2D eigenvalue weighted by molar-refractivity contribution is 5.35. The lowest BCUT2D eigenvalue weighted by Gasteiger charge is -2.26. The van der Waals surface area contributed by atoms with Gasteiger partial charge in [-0.25, -0.2) is 0 Å². The molecule has 1 fully saturated rings. The molecule has 116 valence electrons. The summed E-state index contributed by atoms with van der Waals surface area (Å²) in [6, 6.07) is 7.94. The lowest BCUT2D eigenvalue weighted by Crippen LogP contribution is -2.37. The summed E-state index contributed by atoms with van der Waals surface area (Å²) in [5.41, 5.74) is 4.73. The van der Waals surface area contributed by atoms with E-state index in [1.807, 2.05) is 0 Å². The van der Waals surface area contributed by atoms with Gasteiger partial charge in [0, 0.05) is 19.1 Å². The first kappa shape index (κ1) is 15.1. The van der Waals surface area contributed by atoms with Crippen LogP contribution in [0, 0.1) is 0 Å². The van der Waals surface area contributed by atoms with Crippen LogP contribution in [0.2, 0.25) is 0 Å². The Morgan fingerprint density at radius 2 is 2.10 bits per heavy atom. The molecule has 1 heterocycles. The van der Waals surface area contributed by atoms with Crippen molar-refractivity contribution < 1.29 is 0 Å². The summed E-state index contributed by atoms with van der Waals surface area (Å²) in [5, 5.41) is 3.65. The molecule has 1 unspecified atom stereocenters. The van der Waals surface area contributed by atoms with Crippen LogP contribution in [0.15, 0.2) is 18.2 Å². The fourth-order valence-electron chi connectivity index (χ4n) is 3.82. The Kier molecular flexibility index (Phi) is 5.32. The summed E-state index contributed by atoms with van der Waals surface area (Å²) in [5.74, 6) is 0. The van der Waals surface area contributed by atoms with Crippen molar-refractivity contribution in [3.05, 3.63) is 34.9 Å². The molecule has 0 amide bonds. The molecule has 1 saturated heterocycles. The second-order valence-electron chi connectivity index (χ2n) is 6.84. The minimum absolute atomic E-state index is 0.719. The van der Waals surface area contributed by atoms with Gasteiger partial charge in [0.1, 0.15) is 0 Å². The zero-order chi connectivity index (χ0) is 14.5. The van der Waals surface area contributed by atoms with Gasteiger partial charge in [-0.15, -0.1) is 0 Å². The summed E-state index contributed by atoms with van der Waals surface area (Å²) >= 11 is 0. The average molecular weight is 286 g/mol. The molecule has 0 spiro atoms. The Labute approximate surface area is 129 Å². The largest absolute Gasteiger partial charge is 0.313 e. The average Bonchev–Trinajstić information content (AvgIpc) is 3.15. The fraction of sp³-hybridized carbons (Fsp3) is 0.684. The van der Waals surface area contributed by atoms with Crippen LogP contribution in [-0.2, 0) is 19.4 Å². The third-order valence-corrected chi connectivity index (χ3v) is 5.04. The zero-order valence-corrected chi connectivity index (χ0v) is 13.5. The van der Waals surface area contributed by atoms with Crippen LogP contribution in [0.25, 0.3) is 0 Å². The van der Waals surface area contributed by atoms with Crippen molar-refractivity contribution in [2.45, 2.75) is 64.5 Å². The minimum Gasteiger partial charge on any atom is -0.313 e. The van der Waals surface area contributed by atoms with Crippen molar-refractivity contribution in [1.29, 1.82) is 0 Å². The standard InChI is InChI=1S/C19H30N2/c1-2-3-12-21(15-19-8-5-11-20-19)14-16-9-10-17-6-4-7-18(17)13-16/h9-10,13,19-20H,2-8,11-12,14-15H2,1H3. The van der Waals surface area contributed by atoms with Crippen molar-refractivity contribution in [1.82, 2.24) is 10.2 Å². The number of fused-ring (bicyclic) bond motifs is 1. The van der Waals surface area contributed by atoms with E-state index in [0.717, 1.165) is 12.6 Å². The van der Waals surface area contributed by atoms with E-state index >= 15 is 0 Å². The van der Waals surface area contributed by atoms with Crippen molar-refractivity contribution in [3.8, 4) is 0 Å². The van der Waals surface area contributed by atoms with Crippen molar-refractivity contribution in [2.75, 3.05) is 19.6 Å². The Balaban J connectivity index is 1.62. The molecule has 0 aromatic heterocycles. The molecule has 0 saturated carbocycles. The van der Waals surface area contributed by atoms with Gasteiger partial charge in [-0.1, -0.05) is 31.5 Å². The number of benzene rings is 1. The molecule has 1 aromatic carbocycles. The topological polar surface area (TPSA) is 15.3 Å². The maximum Gasteiger partial charge on any atom is 0.0234 e. The number of aryl methyl sites for hydroxylation is 2. The Morgan fingerprint density at radius 3 is 2.90 bits per heavy atom. The van der Waals surface area contributed by atoms with Crippen LogP contribution in [0.1, 0.15) is 55.7 Å². The molecule has 0 bridgehead atoms. The number of nitrogens with zero attached hydrogens (tertiary/aromatic N) is 1. The molecule has 2 heteroatoms. The van der Waals surface area contributed by atoms with Crippen molar-refractivity contribution in [3.63, 3.8) is 0 Å². The molecule has 2 aliphatic rings. The number of unbranched alkanes of at least 4 members (excludes halogenated alkanes) is 1. The first-order valence-corrected chi connectivity index (χ1v) is 8.91. The second kappa shape index (κ2) is 7.42. The van der Waals surface area contributed by atoms with Crippen LogP contribution in [0.4, 0.5) is 0 Å². The van der Waals surface area contributed by atoms with Crippen LogP contribution >= 0.6 is 0 Å². The normalized spacial score (nSPS) is 21.1. The molecule has 3 rings (SSSR count). The highest BCUT2D eigenvalue weighted by Crippen LogP contribution is 2.23. The smallest absolute Gasteiger partial charge is 0.0234 e. The van der Waals surface area contributed by atoms with Crippen LogP contribution < -0.4 is 5.32 Å². The number of hydrogen-bond acceptors (Lipinski definition) is 2. The molecule has 2 nitrogen and oxygen atoms in total. The van der Waals surface area contributed by atoms with Gasteiger partial charge in [0.2, 0.25) is 0 Å². The van der Waals surface area contributed by atoms with Crippen LogP contribution in [0.5, 0.6) is 0 Å². The monoisotopic (exact) mass is 286 g/mol. The van der Waals surface area contributed by atoms with E-state index < -0.39 is 0 Å². The number of hydrogen-bond donors (Lipinski definition) is 1. The second-order valence-corrected chi connectivity index (χ2v) is 6.84. The first-order valence-electron chi connectivity index (χ1n) is 8.91. The van der Waals surface area contributed by atoms with Gasteiger partial charge in [0.15, 0.2) is 0 Å². The number of rotatable bonds is 7. The summed E-state index contributed by atoms with van der Waals surface area (Å²) < 4.78 is 0. The highest BCUT2D eigenvalue weighted by atomic mass is 15.1. The summed E-state index contributed by atoms with van der Waals surface area (Å²) in [6.45, 7) is 7.10. The van der Waals surface area contributed by atoms with E-state index in [4.69, 9.17) is 0 Å². The SMILES string of the molecule is CCCCN(Cc1ccc2c(c1)CCC2)CC1CCCN1. The third-order valence-electron chi connectivity index (χ3n) is 5.04. The maximum atomic E-state index is 3.65. The van der Waals surface area contributed by atoms with Gasteiger partial charge in [-0.2, -0.15) is 0 Å². The molecule has 1 aliphatic heterocycles. The van der Waals surface area contributed by atoms with Gasteiger partial charge in [-0.3, -0.25) is 4.90 Å². The molecule has 1 aliphatic carbocycles. The van der Waals surface area contributed by atoms with Gasteiger partial charge in [0.25, 0.3) is 0 Å². The summed E-state index contributed by atoms with van der Waals surface area (Å²) in [7, 11) is 0. The summed E-state index contributed by atoms with van der Waals surface area (Å²) in [4.78, 5) is 2.67. The van der Waals surface area contributed by atoms with E-state index in [0.29, 0.717) is 0 Å². The fourth-order valence-corrected chi connectivity index (χ4v) is 3.82. The van der Waals surface area contributed by atoms with Gasteiger partial charge in [-0.05, 0) is 68.3 Å². The van der Waals surface area contributed by atoms with E-state index in [-0.39, 0.29) is 0 Å². The van der Waals surface area contributed by atoms with Crippen LogP contribution in [0.3, 0.4) is 0 Å². The molecule has 1 aromatic rings. The third kappa shape index (κ3) is 4.08. The molecular formula is C19H30N2. The maximum absolute atomic E-state index is 3.65. The predicted octanol–water partition coefficient (Wildman–Crippen LogP) is 3.53. The van der Waals surface area contributed by atoms with Crippen molar-refractivity contribution >= 4 is 0 Å². The lowest BCUT2D eigenvalue weighted by molar-refractivity contribution is 0.237. The summed E-state index contributed by atoms with van der Waals surface area (Å²) in [6.07, 6.45) is 9.25. The predicted molar refractivity (Wildman–Crippen MR) is 89.7 cm³/mol. The van der Waals surface area contributed by atoms with E-state index in [1.54, 1.807) is 11.1 Å². The van der Waals surface area contributed by atoms with E-state index in [9.17, 15) is 0 Å². The molecule has 0 radical (unpaired) electrons. The number of nitrogens with one attached hydrogen (secondary N) is 1. The van der Waals surface area contributed by atoms with Gasteiger partial charge >= 0.3 is 0 Å². The Bertz CT molecular complexity index is 449. The van der Waals surface area contributed by atoms with Gasteiger partial charge < -0.3 is 5.32 Å². The van der Waals surface area contributed by atoms with Crippen LogP contribution in [-0.4, -0.2) is 30.6 Å². The van der Waals surface area contributed by atoms with E-state index in [2.05, 4.69) is 35.3 Å². The highest BCUT2D eigenvalue weighted by Gasteiger charge is 2.18. The molecule has 1 atom stereocenters. The Hall–Kier alpha value is -0.860. The zero-order valence-electron chi connectivity index (χ0n) is 13.5. The quantitative estimate of drug-likeness (QED) is 0.825. The lowest BCUT2D eigenvalue weighted by atomic mass is 10.1. The van der Waals surface area contributed by atoms with E-state index in [1.165, 1.54) is 70.1 Å². The van der Waals surface area contributed by atoms with Gasteiger partial charge in [0.05, 0.1) is 0 Å². The van der Waals surface area contributed by atoms with Crippen molar-refractivity contribution in [2.24, 2.45) is 0 Å².